The van der Waals surface area contributed by atoms with Crippen LogP contribution in [-0.2, 0) is 10.3 Å². The van der Waals surface area contributed by atoms with Gasteiger partial charge in [-0.15, -0.1) is 0 Å². The summed E-state index contributed by atoms with van der Waals surface area (Å²) in [7, 11) is 0. The van der Waals surface area contributed by atoms with Crippen LogP contribution in [0, 0.1) is 0 Å². The molecule has 1 unspecified atom stereocenters. The fraction of sp³-hybridized carbons (Fsp3) is 0.143. The minimum Gasteiger partial charge on any atom is -0.479 e. The van der Waals surface area contributed by atoms with Crippen LogP contribution in [0.1, 0.15) is 12.5 Å². The Morgan fingerprint density at radius 2 is 2.16 bits per heavy atom. The van der Waals surface area contributed by atoms with Gasteiger partial charge >= 0.3 is 5.97 Å². The summed E-state index contributed by atoms with van der Waals surface area (Å²) in [4.78, 5) is 15.6. The van der Waals surface area contributed by atoms with E-state index in [0.29, 0.717) is 5.56 Å². The molecule has 1 heterocycles. The summed E-state index contributed by atoms with van der Waals surface area (Å²) in [6, 6.07) is 10.8. The highest BCUT2D eigenvalue weighted by Gasteiger charge is 2.35. The molecule has 0 spiro atoms. The number of nitrogens with zero attached hydrogens (tertiary/aromatic N) is 1. The van der Waals surface area contributed by atoms with E-state index in [9.17, 15) is 9.90 Å². The van der Waals surface area contributed by atoms with Crippen LogP contribution in [0.2, 0.25) is 0 Å². The highest BCUT2D eigenvalue weighted by molar-refractivity contribution is 9.10. The molecule has 1 atom stereocenters. The molecule has 2 rings (SSSR count). The summed E-state index contributed by atoms with van der Waals surface area (Å²) in [5.41, 5.74) is 0.0975. The summed E-state index contributed by atoms with van der Waals surface area (Å²) < 4.78 is 0.886. The molecule has 19 heavy (non-hydrogen) atoms. The smallest absolute Gasteiger partial charge is 0.333 e. The second kappa shape index (κ2) is 5.40. The summed E-state index contributed by atoms with van der Waals surface area (Å²) >= 11 is 3.36. The summed E-state index contributed by atoms with van der Waals surface area (Å²) in [5.74, 6) is -0.958. The maximum atomic E-state index is 11.6. The SMILES string of the molecule is CC(Nc1cccc(Br)c1)(C(=O)O)c1cccnc1. The van der Waals surface area contributed by atoms with Gasteiger partial charge in [0.25, 0.3) is 0 Å². The quantitative estimate of drug-likeness (QED) is 0.907. The Balaban J connectivity index is 2.39. The maximum absolute atomic E-state index is 11.6. The third-order valence-electron chi connectivity index (χ3n) is 2.89. The van der Waals surface area contributed by atoms with Crippen molar-refractivity contribution in [2.75, 3.05) is 5.32 Å². The first-order chi connectivity index (χ1) is 9.02. The number of benzene rings is 1. The summed E-state index contributed by atoms with van der Waals surface area (Å²) in [6.07, 6.45) is 3.17. The van der Waals surface area contributed by atoms with Crippen LogP contribution in [0.15, 0.2) is 53.3 Å². The first-order valence-corrected chi connectivity index (χ1v) is 6.49. The van der Waals surface area contributed by atoms with Crippen molar-refractivity contribution < 1.29 is 9.90 Å². The molecule has 4 nitrogen and oxygen atoms in total. The van der Waals surface area contributed by atoms with Crippen molar-refractivity contribution in [3.8, 4) is 0 Å². The van der Waals surface area contributed by atoms with E-state index < -0.39 is 11.5 Å². The number of hydrogen-bond acceptors (Lipinski definition) is 3. The zero-order valence-electron chi connectivity index (χ0n) is 10.3. The average molecular weight is 321 g/mol. The minimum atomic E-state index is -1.23. The maximum Gasteiger partial charge on any atom is 0.333 e. The van der Waals surface area contributed by atoms with Crippen LogP contribution in [0.3, 0.4) is 0 Å². The third-order valence-corrected chi connectivity index (χ3v) is 3.38. The molecule has 2 aromatic rings. The number of hydrogen-bond donors (Lipinski definition) is 2. The fourth-order valence-corrected chi connectivity index (χ4v) is 2.16. The van der Waals surface area contributed by atoms with Gasteiger partial charge in [0.15, 0.2) is 5.54 Å². The predicted molar refractivity (Wildman–Crippen MR) is 77.0 cm³/mol. The Morgan fingerprint density at radius 1 is 1.37 bits per heavy atom. The average Bonchev–Trinajstić information content (AvgIpc) is 2.39. The van der Waals surface area contributed by atoms with Crippen molar-refractivity contribution in [1.82, 2.24) is 4.98 Å². The lowest BCUT2D eigenvalue weighted by atomic mass is 9.93. The van der Waals surface area contributed by atoms with Crippen LogP contribution < -0.4 is 5.32 Å². The van der Waals surface area contributed by atoms with Gasteiger partial charge in [0, 0.05) is 28.1 Å². The second-order valence-corrected chi connectivity index (χ2v) is 5.22. The molecule has 0 bridgehead atoms. The van der Waals surface area contributed by atoms with Crippen LogP contribution >= 0.6 is 15.9 Å². The lowest BCUT2D eigenvalue weighted by molar-refractivity contribution is -0.142. The molecule has 5 heteroatoms. The first-order valence-electron chi connectivity index (χ1n) is 5.70. The van der Waals surface area contributed by atoms with E-state index in [1.54, 1.807) is 31.5 Å². The summed E-state index contributed by atoms with van der Waals surface area (Å²) in [5, 5.41) is 12.6. The normalized spacial score (nSPS) is 13.6. The van der Waals surface area contributed by atoms with Crippen LogP contribution in [0.4, 0.5) is 5.69 Å². The standard InChI is InChI=1S/C14H13BrN2O2/c1-14(13(18)19,10-4-3-7-16-9-10)17-12-6-2-5-11(15)8-12/h2-9,17H,1H3,(H,18,19). The van der Waals surface area contributed by atoms with E-state index in [-0.39, 0.29) is 0 Å². The van der Waals surface area contributed by atoms with Gasteiger partial charge in [-0.2, -0.15) is 0 Å². The molecule has 0 radical (unpaired) electrons. The van der Waals surface area contributed by atoms with Gasteiger partial charge in [-0.05, 0) is 31.2 Å². The molecule has 0 saturated heterocycles. The number of aliphatic carboxylic acids is 1. The molecule has 0 amide bonds. The molecule has 0 aliphatic heterocycles. The van der Waals surface area contributed by atoms with Crippen molar-refractivity contribution in [3.05, 3.63) is 58.8 Å². The molecule has 0 aliphatic carbocycles. The largest absolute Gasteiger partial charge is 0.479 e. The Bertz CT molecular complexity index is 589. The monoisotopic (exact) mass is 320 g/mol. The number of rotatable bonds is 4. The van der Waals surface area contributed by atoms with E-state index in [2.05, 4.69) is 26.2 Å². The van der Waals surface area contributed by atoms with E-state index in [0.717, 1.165) is 10.2 Å². The van der Waals surface area contributed by atoms with Crippen molar-refractivity contribution in [2.24, 2.45) is 0 Å². The molecule has 0 aliphatic rings. The van der Waals surface area contributed by atoms with Gasteiger partial charge in [-0.3, -0.25) is 4.98 Å². The Kier molecular flexibility index (Phi) is 3.85. The number of carboxylic acids is 1. The number of carboxylic acid groups (broad SMARTS) is 1. The van der Waals surface area contributed by atoms with Crippen molar-refractivity contribution in [3.63, 3.8) is 0 Å². The van der Waals surface area contributed by atoms with Crippen molar-refractivity contribution in [2.45, 2.75) is 12.5 Å². The predicted octanol–water partition coefficient (Wildman–Crippen LogP) is 3.26. The van der Waals surface area contributed by atoms with Crippen LogP contribution in [-0.4, -0.2) is 16.1 Å². The van der Waals surface area contributed by atoms with E-state index >= 15 is 0 Å². The molecule has 1 aromatic heterocycles. The number of halogens is 1. The topological polar surface area (TPSA) is 62.2 Å². The third kappa shape index (κ3) is 2.93. The van der Waals surface area contributed by atoms with Gasteiger partial charge in [0.2, 0.25) is 0 Å². The van der Waals surface area contributed by atoms with Gasteiger partial charge in [-0.25, -0.2) is 4.79 Å². The van der Waals surface area contributed by atoms with E-state index in [1.807, 2.05) is 24.3 Å². The molecular formula is C14H13BrN2O2. The van der Waals surface area contributed by atoms with Gasteiger partial charge in [0.05, 0.1) is 0 Å². The van der Waals surface area contributed by atoms with Crippen molar-refractivity contribution >= 4 is 27.6 Å². The number of anilines is 1. The van der Waals surface area contributed by atoms with E-state index in [1.165, 1.54) is 0 Å². The summed E-state index contributed by atoms with van der Waals surface area (Å²) in [6.45, 7) is 1.62. The Labute approximate surface area is 119 Å². The molecular weight excluding hydrogens is 308 g/mol. The van der Waals surface area contributed by atoms with Crippen LogP contribution in [0.5, 0.6) is 0 Å². The molecule has 0 saturated carbocycles. The van der Waals surface area contributed by atoms with Gasteiger partial charge in [0.1, 0.15) is 0 Å². The van der Waals surface area contributed by atoms with Gasteiger partial charge < -0.3 is 10.4 Å². The lowest BCUT2D eigenvalue weighted by Gasteiger charge is -2.27. The molecule has 0 fully saturated rings. The molecule has 98 valence electrons. The first kappa shape index (κ1) is 13.5. The lowest BCUT2D eigenvalue weighted by Crippen LogP contribution is -2.40. The zero-order chi connectivity index (χ0) is 13.9. The molecule has 2 N–H and O–H groups in total. The highest BCUT2D eigenvalue weighted by Crippen LogP contribution is 2.27. The van der Waals surface area contributed by atoms with E-state index in [4.69, 9.17) is 0 Å². The number of aromatic nitrogens is 1. The van der Waals surface area contributed by atoms with Gasteiger partial charge in [-0.1, -0.05) is 28.1 Å². The Morgan fingerprint density at radius 3 is 2.74 bits per heavy atom. The Hall–Kier alpha value is -1.88. The minimum absolute atomic E-state index is 0.600. The number of pyridine rings is 1. The highest BCUT2D eigenvalue weighted by atomic mass is 79.9. The number of nitrogens with one attached hydrogen (secondary N) is 1. The fourth-order valence-electron chi connectivity index (χ4n) is 1.76. The van der Waals surface area contributed by atoms with Crippen molar-refractivity contribution in [1.29, 1.82) is 0 Å². The zero-order valence-corrected chi connectivity index (χ0v) is 11.9. The molecule has 1 aromatic carbocycles. The number of carbonyl (C=O) groups is 1. The van der Waals surface area contributed by atoms with Crippen LogP contribution in [0.25, 0.3) is 0 Å². The second-order valence-electron chi connectivity index (χ2n) is 4.31.